The molecule has 1 atom stereocenters. The van der Waals surface area contributed by atoms with E-state index < -0.39 is 0 Å². The van der Waals surface area contributed by atoms with Crippen molar-refractivity contribution in [2.75, 3.05) is 39.3 Å². The van der Waals surface area contributed by atoms with Crippen LogP contribution in [-0.4, -0.2) is 70.8 Å². The molecule has 3 heterocycles. The molecule has 2 aliphatic rings. The minimum Gasteiger partial charge on any atom is -0.340 e. The summed E-state index contributed by atoms with van der Waals surface area (Å²) < 4.78 is 0. The van der Waals surface area contributed by atoms with Gasteiger partial charge in [0.05, 0.1) is 0 Å². The summed E-state index contributed by atoms with van der Waals surface area (Å²) in [6, 6.07) is 16.1. The second kappa shape index (κ2) is 10.7. The minimum atomic E-state index is 0.0132. The number of pyridine rings is 1. The zero-order valence-electron chi connectivity index (χ0n) is 19.1. The Hall–Kier alpha value is -2.73. The number of carbonyl (C=O) groups is 2. The number of aromatic nitrogens is 1. The molecule has 170 valence electrons. The molecule has 1 unspecified atom stereocenters. The third-order valence-electron chi connectivity index (χ3n) is 6.65. The summed E-state index contributed by atoms with van der Waals surface area (Å²) in [4.78, 5) is 36.4. The van der Waals surface area contributed by atoms with Gasteiger partial charge in [0.1, 0.15) is 5.69 Å². The number of likely N-dealkylation sites (tertiary alicyclic amines) is 1. The van der Waals surface area contributed by atoms with E-state index in [0.29, 0.717) is 18.0 Å². The summed E-state index contributed by atoms with van der Waals surface area (Å²) in [7, 11) is 0. The Balaban J connectivity index is 1.20. The van der Waals surface area contributed by atoms with Crippen molar-refractivity contribution in [3.05, 3.63) is 65.5 Å². The number of hydrogen-bond donors (Lipinski definition) is 0. The van der Waals surface area contributed by atoms with Crippen LogP contribution in [0.2, 0.25) is 0 Å². The molecule has 32 heavy (non-hydrogen) atoms. The van der Waals surface area contributed by atoms with Crippen molar-refractivity contribution >= 4 is 11.8 Å². The van der Waals surface area contributed by atoms with Crippen LogP contribution in [0.25, 0.3) is 0 Å². The zero-order valence-corrected chi connectivity index (χ0v) is 19.1. The Morgan fingerprint density at radius 2 is 1.72 bits per heavy atom. The van der Waals surface area contributed by atoms with E-state index in [-0.39, 0.29) is 11.8 Å². The van der Waals surface area contributed by atoms with E-state index >= 15 is 0 Å². The highest BCUT2D eigenvalue weighted by molar-refractivity contribution is 5.92. The van der Waals surface area contributed by atoms with E-state index in [0.717, 1.165) is 70.8 Å². The first kappa shape index (κ1) is 22.5. The van der Waals surface area contributed by atoms with E-state index in [1.807, 2.05) is 34.9 Å². The van der Waals surface area contributed by atoms with Crippen molar-refractivity contribution in [1.82, 2.24) is 19.7 Å². The topological polar surface area (TPSA) is 56.8 Å². The van der Waals surface area contributed by atoms with Gasteiger partial charge in [0.15, 0.2) is 0 Å². The SMILES string of the molecule is Cc1cccc(C(=O)N2CCCC(CCC(=O)N3CCN(Cc4ccccc4)CC3)C2)n1. The van der Waals surface area contributed by atoms with E-state index in [1.165, 1.54) is 5.56 Å². The van der Waals surface area contributed by atoms with Gasteiger partial charge in [-0.2, -0.15) is 0 Å². The van der Waals surface area contributed by atoms with Gasteiger partial charge in [-0.1, -0.05) is 36.4 Å². The van der Waals surface area contributed by atoms with E-state index in [4.69, 9.17) is 0 Å². The standard InChI is InChI=1S/C26H34N4O2/c1-21-7-5-11-24(27-21)26(32)30-14-6-10-23(20-30)12-13-25(31)29-17-15-28(16-18-29)19-22-8-3-2-4-9-22/h2-5,7-9,11,23H,6,10,12-20H2,1H3. The second-order valence-electron chi connectivity index (χ2n) is 9.10. The molecule has 1 aromatic heterocycles. The number of amides is 2. The molecule has 0 bridgehead atoms. The van der Waals surface area contributed by atoms with Gasteiger partial charge >= 0.3 is 0 Å². The molecular weight excluding hydrogens is 400 g/mol. The first-order valence-electron chi connectivity index (χ1n) is 11.9. The molecule has 0 aliphatic carbocycles. The van der Waals surface area contributed by atoms with Crippen LogP contribution in [0.3, 0.4) is 0 Å². The van der Waals surface area contributed by atoms with Crippen molar-refractivity contribution in [2.24, 2.45) is 5.92 Å². The van der Waals surface area contributed by atoms with Crippen molar-refractivity contribution in [3.8, 4) is 0 Å². The molecular formula is C26H34N4O2. The predicted octanol–water partition coefficient (Wildman–Crippen LogP) is 3.37. The molecule has 6 heteroatoms. The molecule has 0 saturated carbocycles. The fraction of sp³-hybridized carbons (Fsp3) is 0.500. The summed E-state index contributed by atoms with van der Waals surface area (Å²) >= 11 is 0. The number of rotatable bonds is 6. The molecule has 4 rings (SSSR count). The Kier molecular flexibility index (Phi) is 7.53. The number of piperidine rings is 1. The van der Waals surface area contributed by atoms with Crippen molar-refractivity contribution in [3.63, 3.8) is 0 Å². The molecule has 2 aliphatic heterocycles. The number of piperazine rings is 1. The number of benzene rings is 1. The second-order valence-corrected chi connectivity index (χ2v) is 9.10. The van der Waals surface area contributed by atoms with E-state index in [2.05, 4.69) is 34.1 Å². The summed E-state index contributed by atoms with van der Waals surface area (Å²) in [5.74, 6) is 0.660. The van der Waals surface area contributed by atoms with Gasteiger partial charge in [-0.25, -0.2) is 4.98 Å². The lowest BCUT2D eigenvalue weighted by Crippen LogP contribution is -2.48. The molecule has 2 aromatic rings. The maximum absolute atomic E-state index is 12.8. The minimum absolute atomic E-state index is 0.0132. The highest BCUT2D eigenvalue weighted by atomic mass is 16.2. The lowest BCUT2D eigenvalue weighted by molar-refractivity contribution is -0.133. The third-order valence-corrected chi connectivity index (χ3v) is 6.65. The van der Waals surface area contributed by atoms with Gasteiger partial charge in [-0.15, -0.1) is 0 Å². The Bertz CT molecular complexity index is 909. The van der Waals surface area contributed by atoms with Gasteiger partial charge in [0, 0.05) is 57.9 Å². The lowest BCUT2D eigenvalue weighted by Gasteiger charge is -2.36. The normalized spacial score (nSPS) is 19.7. The van der Waals surface area contributed by atoms with Crippen LogP contribution in [0.1, 0.15) is 47.4 Å². The predicted molar refractivity (Wildman–Crippen MR) is 125 cm³/mol. The molecule has 0 N–H and O–H groups in total. The monoisotopic (exact) mass is 434 g/mol. The van der Waals surface area contributed by atoms with Gasteiger partial charge < -0.3 is 9.80 Å². The maximum atomic E-state index is 12.8. The van der Waals surface area contributed by atoms with Crippen molar-refractivity contribution in [1.29, 1.82) is 0 Å². The van der Waals surface area contributed by atoms with Gasteiger partial charge in [-0.3, -0.25) is 14.5 Å². The summed E-state index contributed by atoms with van der Waals surface area (Å²) in [5.41, 5.74) is 2.71. The largest absolute Gasteiger partial charge is 0.340 e. The summed E-state index contributed by atoms with van der Waals surface area (Å²) in [6.45, 7) is 7.83. The number of hydrogen-bond acceptors (Lipinski definition) is 4. The highest BCUT2D eigenvalue weighted by Crippen LogP contribution is 2.23. The fourth-order valence-electron chi connectivity index (χ4n) is 4.79. The molecule has 1 aromatic carbocycles. The Morgan fingerprint density at radius 3 is 2.47 bits per heavy atom. The van der Waals surface area contributed by atoms with Crippen LogP contribution in [0, 0.1) is 12.8 Å². The van der Waals surface area contributed by atoms with Crippen molar-refractivity contribution < 1.29 is 9.59 Å². The molecule has 2 fully saturated rings. The average molecular weight is 435 g/mol. The van der Waals surface area contributed by atoms with Crippen LogP contribution in [0.4, 0.5) is 0 Å². The summed E-state index contributed by atoms with van der Waals surface area (Å²) in [5, 5.41) is 0. The van der Waals surface area contributed by atoms with Gasteiger partial charge in [0.2, 0.25) is 5.91 Å². The van der Waals surface area contributed by atoms with Crippen LogP contribution in [0.5, 0.6) is 0 Å². The summed E-state index contributed by atoms with van der Waals surface area (Å²) in [6.07, 6.45) is 3.51. The average Bonchev–Trinajstić information content (AvgIpc) is 2.83. The van der Waals surface area contributed by atoms with Gasteiger partial charge in [-0.05, 0) is 49.8 Å². The van der Waals surface area contributed by atoms with Crippen LogP contribution < -0.4 is 0 Å². The molecule has 0 spiro atoms. The van der Waals surface area contributed by atoms with Crippen LogP contribution >= 0.6 is 0 Å². The van der Waals surface area contributed by atoms with E-state index in [1.54, 1.807) is 6.07 Å². The third kappa shape index (κ3) is 5.94. The fourth-order valence-corrected chi connectivity index (χ4v) is 4.79. The van der Waals surface area contributed by atoms with Crippen molar-refractivity contribution in [2.45, 2.75) is 39.2 Å². The molecule has 2 amide bonds. The first-order chi connectivity index (χ1) is 15.6. The number of nitrogens with zero attached hydrogens (tertiary/aromatic N) is 4. The number of carbonyl (C=O) groups excluding carboxylic acids is 2. The Morgan fingerprint density at radius 1 is 0.938 bits per heavy atom. The van der Waals surface area contributed by atoms with E-state index in [9.17, 15) is 9.59 Å². The quantitative estimate of drug-likeness (QED) is 0.700. The zero-order chi connectivity index (χ0) is 22.3. The molecule has 0 radical (unpaired) electrons. The maximum Gasteiger partial charge on any atom is 0.272 e. The number of aryl methyl sites for hydroxylation is 1. The van der Waals surface area contributed by atoms with Gasteiger partial charge in [0.25, 0.3) is 5.91 Å². The highest BCUT2D eigenvalue weighted by Gasteiger charge is 2.27. The lowest BCUT2D eigenvalue weighted by atomic mass is 9.93. The smallest absolute Gasteiger partial charge is 0.272 e. The van der Waals surface area contributed by atoms with Crippen LogP contribution in [0.15, 0.2) is 48.5 Å². The molecule has 6 nitrogen and oxygen atoms in total. The van der Waals surface area contributed by atoms with Crippen LogP contribution in [-0.2, 0) is 11.3 Å². The first-order valence-corrected chi connectivity index (χ1v) is 11.9. The molecule has 2 saturated heterocycles. The Labute approximate surface area is 191 Å².